The summed E-state index contributed by atoms with van der Waals surface area (Å²) in [7, 11) is 0. The monoisotopic (exact) mass is 445 g/mol. The summed E-state index contributed by atoms with van der Waals surface area (Å²) in [5.41, 5.74) is 7.44. The molecule has 1 unspecified atom stereocenters. The molecule has 4 N–H and O–H groups in total. The minimum absolute atomic E-state index is 0.0310. The van der Waals surface area contributed by atoms with Gasteiger partial charge in [-0.25, -0.2) is 9.59 Å². The molecule has 2 aromatic carbocycles. The summed E-state index contributed by atoms with van der Waals surface area (Å²) in [5.74, 6) is -0.377. The van der Waals surface area contributed by atoms with Crippen LogP contribution in [0.5, 0.6) is 5.75 Å². The molecule has 166 valence electrons. The number of nitrogens with one attached hydrogen (secondary N) is 2. The molecule has 2 rings (SSSR count). The maximum absolute atomic E-state index is 12.7. The normalized spacial score (nSPS) is 11.3. The minimum Gasteiger partial charge on any atom is -0.481 e. The molecule has 2 aromatic rings. The van der Waals surface area contributed by atoms with Gasteiger partial charge in [0.1, 0.15) is 11.6 Å². The molecular formula is C22H27N3O5S. The summed E-state index contributed by atoms with van der Waals surface area (Å²) in [6, 6.07) is 11.4. The fourth-order valence-corrected chi connectivity index (χ4v) is 3.32. The fourth-order valence-electron chi connectivity index (χ4n) is 2.74. The van der Waals surface area contributed by atoms with Gasteiger partial charge in [0.25, 0.3) is 0 Å². The molecule has 0 saturated carbocycles. The average molecular weight is 446 g/mol. The zero-order valence-corrected chi connectivity index (χ0v) is 18.6. The Hall–Kier alpha value is -3.20. The number of esters is 2. The van der Waals surface area contributed by atoms with Crippen LogP contribution in [-0.4, -0.2) is 43.9 Å². The molecule has 0 spiro atoms. The van der Waals surface area contributed by atoms with Gasteiger partial charge in [-0.15, -0.1) is 11.8 Å². The summed E-state index contributed by atoms with van der Waals surface area (Å²) in [6.45, 7) is 3.82. The van der Waals surface area contributed by atoms with Crippen molar-refractivity contribution in [2.24, 2.45) is 5.73 Å². The minimum atomic E-state index is -0.756. The number of carbonyl (C=O) groups is 2. The zero-order valence-electron chi connectivity index (χ0n) is 17.8. The SMILES string of the molecule is CCOC(=O)COc1ccc(C(Nc2ccc(C(=N)N)cc2)C(=O)OCC)cc1SC. The van der Waals surface area contributed by atoms with E-state index in [4.69, 9.17) is 25.4 Å². The van der Waals surface area contributed by atoms with Crippen molar-refractivity contribution in [1.82, 2.24) is 0 Å². The molecule has 0 aliphatic heterocycles. The predicted molar refractivity (Wildman–Crippen MR) is 121 cm³/mol. The number of thioether (sulfide) groups is 1. The number of rotatable bonds is 11. The summed E-state index contributed by atoms with van der Waals surface area (Å²) in [5, 5.41) is 10.7. The van der Waals surface area contributed by atoms with Crippen LogP contribution in [0.2, 0.25) is 0 Å². The van der Waals surface area contributed by atoms with Crippen LogP contribution in [0.4, 0.5) is 5.69 Å². The molecule has 0 saturated heterocycles. The van der Waals surface area contributed by atoms with Crippen molar-refractivity contribution in [3.63, 3.8) is 0 Å². The van der Waals surface area contributed by atoms with Crippen molar-refractivity contribution >= 4 is 35.2 Å². The van der Waals surface area contributed by atoms with Gasteiger partial charge >= 0.3 is 11.9 Å². The number of nitrogens with two attached hydrogens (primary N) is 1. The van der Waals surface area contributed by atoms with E-state index in [-0.39, 0.29) is 25.7 Å². The molecular weight excluding hydrogens is 418 g/mol. The van der Waals surface area contributed by atoms with E-state index < -0.39 is 18.0 Å². The van der Waals surface area contributed by atoms with E-state index in [2.05, 4.69) is 5.32 Å². The smallest absolute Gasteiger partial charge is 0.344 e. The van der Waals surface area contributed by atoms with Crippen molar-refractivity contribution in [1.29, 1.82) is 5.41 Å². The van der Waals surface area contributed by atoms with Crippen LogP contribution < -0.4 is 15.8 Å². The first-order valence-corrected chi connectivity index (χ1v) is 11.0. The molecule has 0 aliphatic carbocycles. The van der Waals surface area contributed by atoms with Gasteiger partial charge in [0.2, 0.25) is 0 Å². The highest BCUT2D eigenvalue weighted by Crippen LogP contribution is 2.32. The van der Waals surface area contributed by atoms with Gasteiger partial charge in [-0.1, -0.05) is 6.07 Å². The first-order chi connectivity index (χ1) is 14.9. The van der Waals surface area contributed by atoms with Crippen molar-refractivity contribution in [2.45, 2.75) is 24.8 Å². The van der Waals surface area contributed by atoms with Crippen LogP contribution in [0.3, 0.4) is 0 Å². The number of nitrogen functional groups attached to an aromatic ring is 1. The van der Waals surface area contributed by atoms with Gasteiger partial charge in [-0.05, 0) is 62.1 Å². The van der Waals surface area contributed by atoms with E-state index in [1.807, 2.05) is 12.3 Å². The number of hydrogen-bond acceptors (Lipinski definition) is 8. The van der Waals surface area contributed by atoms with E-state index >= 15 is 0 Å². The molecule has 0 radical (unpaired) electrons. The Morgan fingerprint density at radius 1 is 1.10 bits per heavy atom. The maximum atomic E-state index is 12.7. The lowest BCUT2D eigenvalue weighted by atomic mass is 10.1. The Morgan fingerprint density at radius 3 is 2.35 bits per heavy atom. The van der Waals surface area contributed by atoms with Gasteiger partial charge in [-0.2, -0.15) is 0 Å². The zero-order chi connectivity index (χ0) is 22.8. The second kappa shape index (κ2) is 11.8. The summed E-state index contributed by atoms with van der Waals surface area (Å²) >= 11 is 1.43. The van der Waals surface area contributed by atoms with Gasteiger partial charge in [-0.3, -0.25) is 5.41 Å². The number of benzene rings is 2. The first kappa shape index (κ1) is 24.1. The molecule has 0 fully saturated rings. The van der Waals surface area contributed by atoms with Crippen LogP contribution in [0, 0.1) is 5.41 Å². The Morgan fingerprint density at radius 2 is 1.77 bits per heavy atom. The second-order valence-electron chi connectivity index (χ2n) is 6.32. The van der Waals surface area contributed by atoms with Gasteiger partial charge < -0.3 is 25.3 Å². The van der Waals surface area contributed by atoms with Crippen LogP contribution in [-0.2, 0) is 19.1 Å². The number of carbonyl (C=O) groups excluding carboxylic acids is 2. The Balaban J connectivity index is 2.27. The first-order valence-electron chi connectivity index (χ1n) is 9.73. The summed E-state index contributed by atoms with van der Waals surface area (Å²) < 4.78 is 15.7. The highest BCUT2D eigenvalue weighted by Gasteiger charge is 2.23. The van der Waals surface area contributed by atoms with E-state index in [9.17, 15) is 9.59 Å². The van der Waals surface area contributed by atoms with E-state index in [0.29, 0.717) is 22.6 Å². The Bertz CT molecular complexity index is 918. The van der Waals surface area contributed by atoms with Crippen LogP contribution in [0.1, 0.15) is 31.0 Å². The van der Waals surface area contributed by atoms with E-state index in [1.165, 1.54) is 11.8 Å². The van der Waals surface area contributed by atoms with Crippen LogP contribution in [0.15, 0.2) is 47.4 Å². The Kier molecular flexibility index (Phi) is 9.20. The van der Waals surface area contributed by atoms with Gasteiger partial charge in [0, 0.05) is 16.1 Å². The van der Waals surface area contributed by atoms with E-state index in [1.54, 1.807) is 50.2 Å². The quantitative estimate of drug-likeness (QED) is 0.208. The lowest BCUT2D eigenvalue weighted by molar-refractivity contribution is -0.145. The molecule has 8 nitrogen and oxygen atoms in total. The van der Waals surface area contributed by atoms with Gasteiger partial charge in [0.15, 0.2) is 12.6 Å². The molecule has 0 amide bonds. The summed E-state index contributed by atoms with van der Waals surface area (Å²) in [4.78, 5) is 25.0. The van der Waals surface area contributed by atoms with Crippen LogP contribution >= 0.6 is 11.8 Å². The third-order valence-corrected chi connectivity index (χ3v) is 4.96. The highest BCUT2D eigenvalue weighted by atomic mass is 32.2. The fraction of sp³-hybridized carbons (Fsp3) is 0.318. The van der Waals surface area contributed by atoms with Gasteiger partial charge in [0.05, 0.1) is 13.2 Å². The molecule has 0 bridgehead atoms. The lowest BCUT2D eigenvalue weighted by Crippen LogP contribution is -2.23. The molecule has 0 aliphatic rings. The third kappa shape index (κ3) is 6.92. The summed E-state index contributed by atoms with van der Waals surface area (Å²) in [6.07, 6.45) is 1.88. The number of anilines is 1. The predicted octanol–water partition coefficient (Wildman–Crippen LogP) is 3.35. The standard InChI is InChI=1S/C22H27N3O5S/c1-4-28-19(26)13-30-17-11-8-15(12-18(17)31-3)20(22(27)29-5-2)25-16-9-6-14(7-10-16)21(23)24/h6-12,20,25H,4-5,13H2,1-3H3,(H3,23,24). The average Bonchev–Trinajstić information content (AvgIpc) is 2.76. The molecule has 1 atom stereocenters. The molecule has 31 heavy (non-hydrogen) atoms. The second-order valence-corrected chi connectivity index (χ2v) is 7.17. The largest absolute Gasteiger partial charge is 0.481 e. The van der Waals surface area contributed by atoms with E-state index in [0.717, 1.165) is 4.90 Å². The Labute approximate surface area is 185 Å². The molecule has 9 heteroatoms. The molecule has 0 aromatic heterocycles. The number of amidine groups is 1. The molecule has 0 heterocycles. The lowest BCUT2D eigenvalue weighted by Gasteiger charge is -2.20. The van der Waals surface area contributed by atoms with Crippen molar-refractivity contribution < 1.29 is 23.8 Å². The number of ether oxygens (including phenoxy) is 3. The van der Waals surface area contributed by atoms with Crippen molar-refractivity contribution in [3.8, 4) is 5.75 Å². The van der Waals surface area contributed by atoms with Crippen LogP contribution in [0.25, 0.3) is 0 Å². The topological polar surface area (TPSA) is 124 Å². The van der Waals surface area contributed by atoms with Crippen molar-refractivity contribution in [3.05, 3.63) is 53.6 Å². The number of hydrogen-bond donors (Lipinski definition) is 3. The van der Waals surface area contributed by atoms with Crippen molar-refractivity contribution in [2.75, 3.05) is 31.4 Å². The maximum Gasteiger partial charge on any atom is 0.344 e. The highest BCUT2D eigenvalue weighted by molar-refractivity contribution is 7.98. The third-order valence-electron chi connectivity index (χ3n) is 4.20.